The lowest BCUT2D eigenvalue weighted by molar-refractivity contribution is 0.464. The zero-order valence-electron chi connectivity index (χ0n) is 9.74. The smallest absolute Gasteiger partial charge is 0.107 e. The monoisotopic (exact) mass is 266 g/mol. The number of hydrogen-bond donors (Lipinski definition) is 1. The number of rotatable bonds is 3. The summed E-state index contributed by atoms with van der Waals surface area (Å²) in [5.41, 5.74) is -0.315. The molecule has 1 aliphatic rings. The van der Waals surface area contributed by atoms with Gasteiger partial charge in [-0.2, -0.15) is 5.26 Å². The first kappa shape index (κ1) is 12.8. The Morgan fingerprint density at radius 1 is 1.47 bits per heavy atom. The summed E-state index contributed by atoms with van der Waals surface area (Å²) in [6.45, 7) is 0. The second-order valence-electron chi connectivity index (χ2n) is 4.38. The molecule has 0 radical (unpaired) electrons. The molecule has 0 saturated heterocycles. The first-order chi connectivity index (χ1) is 8.17. The van der Waals surface area contributed by atoms with E-state index in [9.17, 15) is 5.26 Å². The van der Waals surface area contributed by atoms with E-state index in [0.717, 1.165) is 24.3 Å². The molecule has 2 nitrogen and oxygen atoms in total. The van der Waals surface area contributed by atoms with Crippen molar-refractivity contribution < 1.29 is 0 Å². The molecular formula is C13H15ClN2S. The van der Waals surface area contributed by atoms with Crippen LogP contribution in [-0.2, 0) is 0 Å². The van der Waals surface area contributed by atoms with Crippen molar-refractivity contribution in [3.05, 3.63) is 29.3 Å². The van der Waals surface area contributed by atoms with Crippen LogP contribution in [0.1, 0.15) is 19.3 Å². The van der Waals surface area contributed by atoms with E-state index in [1.165, 1.54) is 4.90 Å². The molecule has 1 fully saturated rings. The topological polar surface area (TPSA) is 35.8 Å². The molecule has 1 aromatic carbocycles. The van der Waals surface area contributed by atoms with Crippen LogP contribution in [0.5, 0.6) is 0 Å². The van der Waals surface area contributed by atoms with E-state index in [4.69, 9.17) is 11.6 Å². The van der Waals surface area contributed by atoms with E-state index < -0.39 is 0 Å². The highest BCUT2D eigenvalue weighted by molar-refractivity contribution is 8.00. The molecular weight excluding hydrogens is 252 g/mol. The lowest BCUT2D eigenvalue weighted by atomic mass is 10.0. The lowest BCUT2D eigenvalue weighted by Gasteiger charge is -2.19. The Morgan fingerprint density at radius 3 is 2.71 bits per heavy atom. The molecule has 4 heteroatoms. The van der Waals surface area contributed by atoms with Crippen LogP contribution in [0.4, 0.5) is 0 Å². The van der Waals surface area contributed by atoms with Crippen LogP contribution in [0.15, 0.2) is 29.2 Å². The highest BCUT2D eigenvalue weighted by atomic mass is 35.5. The summed E-state index contributed by atoms with van der Waals surface area (Å²) < 4.78 is 0. The highest BCUT2D eigenvalue weighted by Crippen LogP contribution is 2.39. The SMILES string of the molecule is CNC1(C#N)CCC(Sc2ccc(Cl)cc2)C1. The van der Waals surface area contributed by atoms with Crippen LogP contribution >= 0.6 is 23.4 Å². The van der Waals surface area contributed by atoms with E-state index in [2.05, 4.69) is 11.4 Å². The second kappa shape index (κ2) is 5.30. The molecule has 0 spiro atoms. The largest absolute Gasteiger partial charge is 0.302 e. The summed E-state index contributed by atoms with van der Waals surface area (Å²) in [5.74, 6) is 0. The van der Waals surface area contributed by atoms with Gasteiger partial charge >= 0.3 is 0 Å². The minimum absolute atomic E-state index is 0.315. The van der Waals surface area contributed by atoms with Crippen molar-refractivity contribution in [2.24, 2.45) is 0 Å². The first-order valence-corrected chi connectivity index (χ1v) is 6.96. The molecule has 0 aromatic heterocycles. The summed E-state index contributed by atoms with van der Waals surface area (Å²) in [6, 6.07) is 10.3. The Morgan fingerprint density at radius 2 is 2.18 bits per heavy atom. The zero-order chi connectivity index (χ0) is 12.3. The Labute approximate surface area is 111 Å². The lowest BCUT2D eigenvalue weighted by Crippen LogP contribution is -2.38. The van der Waals surface area contributed by atoms with Gasteiger partial charge in [0.25, 0.3) is 0 Å². The number of benzene rings is 1. The Balaban J connectivity index is 1.98. The van der Waals surface area contributed by atoms with E-state index in [1.54, 1.807) is 0 Å². The van der Waals surface area contributed by atoms with Crippen LogP contribution in [0.25, 0.3) is 0 Å². The molecule has 0 heterocycles. The van der Waals surface area contributed by atoms with E-state index in [0.29, 0.717) is 5.25 Å². The maximum atomic E-state index is 9.20. The summed E-state index contributed by atoms with van der Waals surface area (Å²) >= 11 is 7.70. The van der Waals surface area contributed by atoms with Gasteiger partial charge in [0.15, 0.2) is 0 Å². The molecule has 1 aliphatic carbocycles. The standard InChI is InChI=1S/C13H15ClN2S/c1-16-13(9-15)7-6-12(8-13)17-11-4-2-10(14)3-5-11/h2-5,12,16H,6-8H2,1H3. The Hall–Kier alpha value is -0.690. The maximum absolute atomic E-state index is 9.20. The van der Waals surface area contributed by atoms with Gasteiger partial charge in [0.1, 0.15) is 5.54 Å². The molecule has 0 amide bonds. The zero-order valence-corrected chi connectivity index (χ0v) is 11.3. The molecule has 0 bridgehead atoms. The molecule has 1 aromatic rings. The highest BCUT2D eigenvalue weighted by Gasteiger charge is 2.38. The fourth-order valence-electron chi connectivity index (χ4n) is 2.19. The van der Waals surface area contributed by atoms with Crippen LogP contribution < -0.4 is 5.32 Å². The van der Waals surface area contributed by atoms with E-state index in [1.807, 2.05) is 43.1 Å². The summed E-state index contributed by atoms with van der Waals surface area (Å²) in [4.78, 5) is 1.23. The van der Waals surface area contributed by atoms with Gasteiger partial charge in [-0.1, -0.05) is 11.6 Å². The first-order valence-electron chi connectivity index (χ1n) is 5.70. The van der Waals surface area contributed by atoms with Gasteiger partial charge in [-0.3, -0.25) is 0 Å². The number of hydrogen-bond acceptors (Lipinski definition) is 3. The van der Waals surface area contributed by atoms with Gasteiger partial charge < -0.3 is 5.32 Å². The van der Waals surface area contributed by atoms with Crippen molar-refractivity contribution in [1.82, 2.24) is 5.32 Å². The summed E-state index contributed by atoms with van der Waals surface area (Å²) in [7, 11) is 1.87. The predicted octanol–water partition coefficient (Wildman–Crippen LogP) is 3.47. The third-order valence-corrected chi connectivity index (χ3v) is 4.81. The van der Waals surface area contributed by atoms with Crippen LogP contribution in [0.2, 0.25) is 5.02 Å². The molecule has 1 saturated carbocycles. The molecule has 17 heavy (non-hydrogen) atoms. The van der Waals surface area contributed by atoms with Gasteiger partial charge in [0.05, 0.1) is 6.07 Å². The predicted molar refractivity (Wildman–Crippen MR) is 72.4 cm³/mol. The van der Waals surface area contributed by atoms with Crippen LogP contribution in [-0.4, -0.2) is 17.8 Å². The van der Waals surface area contributed by atoms with Crippen LogP contribution in [0, 0.1) is 11.3 Å². The van der Waals surface area contributed by atoms with Crippen molar-refractivity contribution in [1.29, 1.82) is 5.26 Å². The quantitative estimate of drug-likeness (QED) is 0.910. The van der Waals surface area contributed by atoms with Gasteiger partial charge in [0, 0.05) is 15.2 Å². The molecule has 2 atom stereocenters. The fourth-order valence-corrected chi connectivity index (χ4v) is 3.60. The van der Waals surface area contributed by atoms with E-state index >= 15 is 0 Å². The third kappa shape index (κ3) is 2.95. The average Bonchev–Trinajstić information content (AvgIpc) is 2.76. The Kier molecular flexibility index (Phi) is 3.98. The van der Waals surface area contributed by atoms with Crippen molar-refractivity contribution in [3.63, 3.8) is 0 Å². The van der Waals surface area contributed by atoms with Gasteiger partial charge in [-0.25, -0.2) is 0 Å². The normalized spacial score (nSPS) is 27.9. The number of thioether (sulfide) groups is 1. The van der Waals surface area contributed by atoms with Gasteiger partial charge in [0.2, 0.25) is 0 Å². The third-order valence-electron chi connectivity index (χ3n) is 3.28. The second-order valence-corrected chi connectivity index (χ2v) is 6.19. The summed E-state index contributed by atoms with van der Waals surface area (Å²) in [5, 5.41) is 13.6. The van der Waals surface area contributed by atoms with Crippen LogP contribution in [0.3, 0.4) is 0 Å². The molecule has 2 unspecified atom stereocenters. The number of halogens is 1. The van der Waals surface area contributed by atoms with E-state index in [-0.39, 0.29) is 5.54 Å². The number of nitrogens with zero attached hydrogens (tertiary/aromatic N) is 1. The average molecular weight is 267 g/mol. The maximum Gasteiger partial charge on any atom is 0.107 e. The molecule has 0 aliphatic heterocycles. The van der Waals surface area contributed by atoms with Gasteiger partial charge in [-0.15, -0.1) is 11.8 Å². The molecule has 1 N–H and O–H groups in total. The number of nitrogens with one attached hydrogen (secondary N) is 1. The van der Waals surface area contributed by atoms with Crippen molar-refractivity contribution in [2.75, 3.05) is 7.05 Å². The minimum Gasteiger partial charge on any atom is -0.302 e. The molecule has 90 valence electrons. The van der Waals surface area contributed by atoms with Crippen molar-refractivity contribution >= 4 is 23.4 Å². The van der Waals surface area contributed by atoms with Gasteiger partial charge in [-0.05, 0) is 50.6 Å². The summed E-state index contributed by atoms with van der Waals surface area (Å²) in [6.07, 6.45) is 2.93. The minimum atomic E-state index is -0.315. The Bertz CT molecular complexity index is 426. The molecule has 2 rings (SSSR count). The fraction of sp³-hybridized carbons (Fsp3) is 0.462. The number of nitriles is 1. The van der Waals surface area contributed by atoms with Crippen molar-refractivity contribution in [2.45, 2.75) is 34.9 Å². The van der Waals surface area contributed by atoms with Crippen molar-refractivity contribution in [3.8, 4) is 6.07 Å².